The van der Waals surface area contributed by atoms with Crippen LogP contribution in [0.4, 0.5) is 11.8 Å². The highest BCUT2D eigenvalue weighted by Gasteiger charge is 2.25. The largest absolute Gasteiger partial charge is 0.355 e. The zero-order valence-electron chi connectivity index (χ0n) is 16.4. The normalized spacial score (nSPS) is 21.4. The molecule has 2 fully saturated rings. The lowest BCUT2D eigenvalue weighted by Gasteiger charge is -2.36. The van der Waals surface area contributed by atoms with Crippen molar-refractivity contribution in [3.05, 3.63) is 42.1 Å². The van der Waals surface area contributed by atoms with Gasteiger partial charge in [0.25, 0.3) is 0 Å². The van der Waals surface area contributed by atoms with Gasteiger partial charge in [-0.2, -0.15) is 10.1 Å². The second-order valence-electron chi connectivity index (χ2n) is 7.99. The van der Waals surface area contributed by atoms with E-state index in [1.165, 1.54) is 44.1 Å². The molecule has 2 aliphatic rings. The molecule has 0 spiro atoms. The molecule has 0 amide bonds. The highest BCUT2D eigenvalue weighted by atomic mass is 15.4. The SMILES string of the molecule is CCC1CCCCN1c1nncc(N2CCC(Cc3ccccc3)CC2)n1. The van der Waals surface area contributed by atoms with Crippen LogP contribution in [0, 0.1) is 5.92 Å². The van der Waals surface area contributed by atoms with Crippen molar-refractivity contribution in [3.8, 4) is 0 Å². The highest BCUT2D eigenvalue weighted by Crippen LogP contribution is 2.27. The van der Waals surface area contributed by atoms with Crippen LogP contribution in [0.5, 0.6) is 0 Å². The molecular weight excluding hydrogens is 334 g/mol. The molecule has 1 unspecified atom stereocenters. The maximum absolute atomic E-state index is 4.91. The molecule has 0 bridgehead atoms. The van der Waals surface area contributed by atoms with E-state index in [1.807, 2.05) is 6.20 Å². The molecule has 1 aromatic heterocycles. The van der Waals surface area contributed by atoms with Gasteiger partial charge in [-0.25, -0.2) is 0 Å². The molecule has 2 aliphatic heterocycles. The number of hydrogen-bond donors (Lipinski definition) is 0. The van der Waals surface area contributed by atoms with Crippen molar-refractivity contribution >= 4 is 11.8 Å². The molecule has 0 saturated carbocycles. The van der Waals surface area contributed by atoms with E-state index in [9.17, 15) is 0 Å². The molecule has 144 valence electrons. The molecule has 3 heterocycles. The van der Waals surface area contributed by atoms with Crippen LogP contribution in [0.25, 0.3) is 0 Å². The Balaban J connectivity index is 1.38. The van der Waals surface area contributed by atoms with E-state index >= 15 is 0 Å². The van der Waals surface area contributed by atoms with E-state index in [0.717, 1.165) is 43.7 Å². The summed E-state index contributed by atoms with van der Waals surface area (Å²) in [5, 5.41) is 8.66. The van der Waals surface area contributed by atoms with Crippen molar-refractivity contribution in [2.75, 3.05) is 29.4 Å². The molecular formula is C22H31N5. The minimum atomic E-state index is 0.562. The molecule has 0 radical (unpaired) electrons. The van der Waals surface area contributed by atoms with E-state index in [2.05, 4.69) is 57.3 Å². The Bertz CT molecular complexity index is 712. The monoisotopic (exact) mass is 365 g/mol. The van der Waals surface area contributed by atoms with E-state index in [4.69, 9.17) is 4.98 Å². The number of hydrogen-bond acceptors (Lipinski definition) is 5. The third-order valence-electron chi connectivity index (χ3n) is 6.20. The van der Waals surface area contributed by atoms with Gasteiger partial charge < -0.3 is 9.80 Å². The van der Waals surface area contributed by atoms with Crippen LogP contribution in [0.2, 0.25) is 0 Å². The fourth-order valence-electron chi connectivity index (χ4n) is 4.56. The number of aromatic nitrogens is 3. The molecule has 4 rings (SSSR count). The van der Waals surface area contributed by atoms with Gasteiger partial charge in [0.05, 0.1) is 6.20 Å². The first kappa shape index (κ1) is 18.2. The van der Waals surface area contributed by atoms with Crippen LogP contribution in [-0.4, -0.2) is 40.9 Å². The number of nitrogens with zero attached hydrogens (tertiary/aromatic N) is 5. The lowest BCUT2D eigenvalue weighted by atomic mass is 9.90. The van der Waals surface area contributed by atoms with E-state index in [0.29, 0.717) is 6.04 Å². The van der Waals surface area contributed by atoms with Crippen LogP contribution in [-0.2, 0) is 6.42 Å². The smallest absolute Gasteiger partial charge is 0.247 e. The molecule has 5 heteroatoms. The summed E-state index contributed by atoms with van der Waals surface area (Å²) in [6.07, 6.45) is 10.4. The molecule has 27 heavy (non-hydrogen) atoms. The number of anilines is 2. The summed E-state index contributed by atoms with van der Waals surface area (Å²) in [7, 11) is 0. The number of benzene rings is 1. The molecule has 2 aromatic rings. The number of rotatable bonds is 5. The lowest BCUT2D eigenvalue weighted by Crippen LogP contribution is -2.41. The van der Waals surface area contributed by atoms with Crippen LogP contribution in [0.15, 0.2) is 36.5 Å². The van der Waals surface area contributed by atoms with Crippen LogP contribution in [0.1, 0.15) is 51.0 Å². The summed E-state index contributed by atoms with van der Waals surface area (Å²) < 4.78 is 0. The minimum Gasteiger partial charge on any atom is -0.355 e. The summed E-state index contributed by atoms with van der Waals surface area (Å²) in [5.74, 6) is 2.59. The third-order valence-corrected chi connectivity index (χ3v) is 6.20. The standard InChI is InChI=1S/C22H31N5/c1-2-20-10-6-7-13-27(20)22-24-21(17-23-25-22)26-14-11-19(12-15-26)16-18-8-4-3-5-9-18/h3-5,8-9,17,19-20H,2,6-7,10-16H2,1H3. The van der Waals surface area contributed by atoms with E-state index < -0.39 is 0 Å². The highest BCUT2D eigenvalue weighted by molar-refractivity contribution is 5.42. The average Bonchev–Trinajstić information content (AvgIpc) is 2.75. The van der Waals surface area contributed by atoms with Gasteiger partial charge in [-0.1, -0.05) is 37.3 Å². The van der Waals surface area contributed by atoms with Gasteiger partial charge in [-0.15, -0.1) is 5.10 Å². The lowest BCUT2D eigenvalue weighted by molar-refractivity contribution is 0.401. The van der Waals surface area contributed by atoms with Gasteiger partial charge >= 0.3 is 0 Å². The van der Waals surface area contributed by atoms with E-state index in [1.54, 1.807) is 0 Å². The zero-order valence-corrected chi connectivity index (χ0v) is 16.4. The first-order valence-corrected chi connectivity index (χ1v) is 10.6. The fraction of sp³-hybridized carbons (Fsp3) is 0.591. The Morgan fingerprint density at radius 2 is 1.81 bits per heavy atom. The van der Waals surface area contributed by atoms with Crippen molar-refractivity contribution in [1.82, 2.24) is 15.2 Å². The fourth-order valence-corrected chi connectivity index (χ4v) is 4.56. The van der Waals surface area contributed by atoms with Gasteiger partial charge in [-0.05, 0) is 56.4 Å². The molecule has 1 aromatic carbocycles. The zero-order chi connectivity index (χ0) is 18.5. The first-order chi connectivity index (χ1) is 13.3. The van der Waals surface area contributed by atoms with Crippen molar-refractivity contribution in [3.63, 3.8) is 0 Å². The third kappa shape index (κ3) is 4.40. The van der Waals surface area contributed by atoms with E-state index in [-0.39, 0.29) is 0 Å². The molecule has 0 aliphatic carbocycles. The van der Waals surface area contributed by atoms with Crippen LogP contribution >= 0.6 is 0 Å². The maximum atomic E-state index is 4.91. The van der Waals surface area contributed by atoms with Gasteiger partial charge in [0.1, 0.15) is 0 Å². The molecule has 2 saturated heterocycles. The Labute approximate surface area is 162 Å². The van der Waals surface area contributed by atoms with Gasteiger partial charge in [-0.3, -0.25) is 0 Å². The first-order valence-electron chi connectivity index (χ1n) is 10.6. The molecule has 1 atom stereocenters. The Morgan fingerprint density at radius 1 is 1.00 bits per heavy atom. The summed E-state index contributed by atoms with van der Waals surface area (Å²) in [6, 6.07) is 11.4. The van der Waals surface area contributed by atoms with Crippen molar-refractivity contribution in [2.45, 2.75) is 57.9 Å². The molecule has 0 N–H and O–H groups in total. The average molecular weight is 366 g/mol. The van der Waals surface area contributed by atoms with Gasteiger partial charge in [0, 0.05) is 25.7 Å². The van der Waals surface area contributed by atoms with Crippen molar-refractivity contribution in [2.24, 2.45) is 5.92 Å². The Hall–Kier alpha value is -2.17. The Morgan fingerprint density at radius 3 is 2.59 bits per heavy atom. The van der Waals surface area contributed by atoms with Gasteiger partial charge in [0.15, 0.2) is 5.82 Å². The summed E-state index contributed by atoms with van der Waals surface area (Å²) in [5.41, 5.74) is 1.46. The molecule has 5 nitrogen and oxygen atoms in total. The summed E-state index contributed by atoms with van der Waals surface area (Å²) in [4.78, 5) is 9.68. The van der Waals surface area contributed by atoms with Gasteiger partial charge in [0.2, 0.25) is 5.95 Å². The quantitative estimate of drug-likeness (QED) is 0.798. The maximum Gasteiger partial charge on any atom is 0.247 e. The Kier molecular flexibility index (Phi) is 5.85. The number of piperidine rings is 2. The second kappa shape index (κ2) is 8.68. The minimum absolute atomic E-state index is 0.562. The second-order valence-corrected chi connectivity index (χ2v) is 7.99. The van der Waals surface area contributed by atoms with Crippen molar-refractivity contribution in [1.29, 1.82) is 0 Å². The summed E-state index contributed by atoms with van der Waals surface area (Å²) >= 11 is 0. The van der Waals surface area contributed by atoms with Crippen LogP contribution in [0.3, 0.4) is 0 Å². The predicted molar refractivity (Wildman–Crippen MR) is 110 cm³/mol. The summed E-state index contributed by atoms with van der Waals surface area (Å²) in [6.45, 7) is 5.44. The van der Waals surface area contributed by atoms with Crippen molar-refractivity contribution < 1.29 is 0 Å². The topological polar surface area (TPSA) is 45.2 Å². The predicted octanol–water partition coefficient (Wildman–Crippen LogP) is 4.10. The van der Waals surface area contributed by atoms with Crippen LogP contribution < -0.4 is 9.80 Å².